The van der Waals surface area contributed by atoms with Crippen molar-refractivity contribution in [3.8, 4) is 22.9 Å². The molecule has 302 valence electrons. The summed E-state index contributed by atoms with van der Waals surface area (Å²) >= 11 is 0. The molecule has 8 nitrogen and oxygen atoms in total. The normalized spacial score (nSPS) is 22.3. The first-order valence-electron chi connectivity index (χ1n) is 20.5. The SMILES string of the molecule is CCC1=c2c(-c3cc(O)cc4ccc(F)c(CC)c34)c(CC)c3nc(OCC4(CNCC(F)(F)CC)CC4)nc(N4CCOCC(C)(O)C4)c3c2=CC(C)C1C. The van der Waals surface area contributed by atoms with E-state index in [1.54, 1.807) is 25.1 Å². The van der Waals surface area contributed by atoms with Crippen LogP contribution in [-0.2, 0) is 17.6 Å². The molecule has 2 aliphatic carbocycles. The van der Waals surface area contributed by atoms with E-state index in [4.69, 9.17) is 19.4 Å². The van der Waals surface area contributed by atoms with Crippen LogP contribution in [0.5, 0.6) is 11.8 Å². The molecule has 2 fully saturated rings. The molecule has 0 radical (unpaired) electrons. The van der Waals surface area contributed by atoms with E-state index >= 15 is 4.39 Å². The molecule has 0 spiro atoms. The minimum atomic E-state index is -2.77. The Labute approximate surface area is 327 Å². The number of nitrogens with zero attached hydrogens (tertiary/aromatic N) is 3. The topological polar surface area (TPSA) is 100.0 Å². The number of benzene rings is 3. The molecule has 1 saturated heterocycles. The second kappa shape index (κ2) is 15.4. The number of β-amino-alcohol motifs (C(OH)–C–C–N with tert-alkyl or cyclic N) is 1. The molecule has 4 aromatic rings. The first-order chi connectivity index (χ1) is 26.6. The number of hydrogen-bond donors (Lipinski definition) is 3. The first-order valence-corrected chi connectivity index (χ1v) is 20.5. The Morgan fingerprint density at radius 2 is 1.79 bits per heavy atom. The number of halogens is 3. The molecule has 1 saturated carbocycles. The van der Waals surface area contributed by atoms with Crippen LogP contribution in [0.2, 0.25) is 0 Å². The van der Waals surface area contributed by atoms with Crippen molar-refractivity contribution in [2.75, 3.05) is 50.9 Å². The van der Waals surface area contributed by atoms with Crippen molar-refractivity contribution in [2.24, 2.45) is 17.3 Å². The average molecular weight is 775 g/mol. The largest absolute Gasteiger partial charge is 0.508 e. The van der Waals surface area contributed by atoms with Crippen LogP contribution in [0.4, 0.5) is 19.0 Å². The predicted molar refractivity (Wildman–Crippen MR) is 218 cm³/mol. The number of aliphatic hydroxyl groups is 1. The fraction of sp³-hybridized carbons (Fsp3) is 0.556. The lowest BCUT2D eigenvalue weighted by atomic mass is 9.77. The van der Waals surface area contributed by atoms with Gasteiger partial charge in [-0.15, -0.1) is 0 Å². The number of anilines is 1. The van der Waals surface area contributed by atoms with Crippen LogP contribution in [0.15, 0.2) is 24.3 Å². The summed E-state index contributed by atoms with van der Waals surface area (Å²) in [5.74, 6) is -1.95. The standard InChI is InChI=1S/C45H57F3N4O4/c1-8-30-27(6)26(5)18-33-37(30)38(34-20-29(53)19-28-12-13-35(46)31(9-2)36(28)34)32(10-3)40-39(33)41(52-16-17-55-24-43(7,54)23-52)51-42(50-40)56-25-44(14-15-44)21-49-22-45(47,48)11-4/h12-13,18-20,26-27,49,53-54H,8-11,14-17,21-25H2,1-7H3. The molecule has 3 aliphatic rings. The van der Waals surface area contributed by atoms with Crippen molar-refractivity contribution >= 4 is 39.1 Å². The molecule has 0 bridgehead atoms. The van der Waals surface area contributed by atoms with Gasteiger partial charge in [0.15, 0.2) is 0 Å². The highest BCUT2D eigenvalue weighted by atomic mass is 19.3. The van der Waals surface area contributed by atoms with E-state index < -0.39 is 11.5 Å². The molecule has 0 amide bonds. The Kier molecular flexibility index (Phi) is 11.1. The van der Waals surface area contributed by atoms with Crippen molar-refractivity contribution < 1.29 is 32.9 Å². The van der Waals surface area contributed by atoms with Crippen LogP contribution >= 0.6 is 0 Å². The zero-order valence-electron chi connectivity index (χ0n) is 33.9. The number of rotatable bonds is 13. The van der Waals surface area contributed by atoms with Gasteiger partial charge in [0.05, 0.1) is 43.8 Å². The van der Waals surface area contributed by atoms with Gasteiger partial charge in [-0.1, -0.05) is 59.3 Å². The molecule has 56 heavy (non-hydrogen) atoms. The molecule has 3 atom stereocenters. The molecule has 3 unspecified atom stereocenters. The van der Waals surface area contributed by atoms with Gasteiger partial charge in [-0.3, -0.25) is 0 Å². The number of ether oxygens (including phenoxy) is 2. The van der Waals surface area contributed by atoms with Crippen molar-refractivity contribution in [3.63, 3.8) is 0 Å². The minimum absolute atomic E-state index is 0.0931. The zero-order chi connectivity index (χ0) is 40.2. The molecule has 7 rings (SSSR count). The molecular weight excluding hydrogens is 718 g/mol. The lowest BCUT2D eigenvalue weighted by Gasteiger charge is -2.31. The van der Waals surface area contributed by atoms with Crippen LogP contribution in [0.1, 0.15) is 85.3 Å². The number of alkyl halides is 2. The van der Waals surface area contributed by atoms with Crippen LogP contribution < -0.4 is 25.4 Å². The lowest BCUT2D eigenvalue weighted by Crippen LogP contribution is -2.44. The number of phenols is 1. The van der Waals surface area contributed by atoms with Gasteiger partial charge in [0.1, 0.15) is 23.0 Å². The number of phenolic OH excluding ortho intramolecular Hbond substituents is 1. The average Bonchev–Trinajstić information content (AvgIpc) is 3.96. The number of nitrogens with one attached hydrogen (secondary N) is 1. The van der Waals surface area contributed by atoms with Crippen LogP contribution in [0.3, 0.4) is 0 Å². The van der Waals surface area contributed by atoms with E-state index in [0.717, 1.165) is 62.5 Å². The van der Waals surface area contributed by atoms with Crippen molar-refractivity contribution in [1.82, 2.24) is 15.3 Å². The molecule has 1 aromatic heterocycles. The van der Waals surface area contributed by atoms with Gasteiger partial charge < -0.3 is 29.9 Å². The third-order valence-corrected chi connectivity index (χ3v) is 12.5. The van der Waals surface area contributed by atoms with E-state index in [1.165, 1.54) is 18.6 Å². The van der Waals surface area contributed by atoms with Gasteiger partial charge in [-0.25, -0.2) is 13.2 Å². The van der Waals surface area contributed by atoms with Crippen molar-refractivity contribution in [3.05, 3.63) is 51.6 Å². The minimum Gasteiger partial charge on any atom is -0.508 e. The summed E-state index contributed by atoms with van der Waals surface area (Å²) in [4.78, 5) is 12.4. The van der Waals surface area contributed by atoms with Crippen LogP contribution in [-0.4, -0.2) is 77.7 Å². The van der Waals surface area contributed by atoms with E-state index in [2.05, 4.69) is 44.0 Å². The second-order valence-corrected chi connectivity index (χ2v) is 16.8. The van der Waals surface area contributed by atoms with E-state index in [-0.39, 0.29) is 67.6 Å². The van der Waals surface area contributed by atoms with Crippen molar-refractivity contribution in [1.29, 1.82) is 0 Å². The Bertz CT molecular complexity index is 2270. The van der Waals surface area contributed by atoms with Crippen LogP contribution in [0, 0.1) is 23.1 Å². The first kappa shape index (κ1) is 40.3. The fourth-order valence-electron chi connectivity index (χ4n) is 8.94. The highest BCUT2D eigenvalue weighted by Crippen LogP contribution is 2.46. The van der Waals surface area contributed by atoms with Crippen molar-refractivity contribution in [2.45, 2.75) is 98.5 Å². The van der Waals surface area contributed by atoms with Gasteiger partial charge in [-0.2, -0.15) is 9.97 Å². The summed E-state index contributed by atoms with van der Waals surface area (Å²) in [7, 11) is 0. The summed E-state index contributed by atoms with van der Waals surface area (Å²) in [6, 6.07) is 6.85. The Morgan fingerprint density at radius 1 is 1.04 bits per heavy atom. The lowest BCUT2D eigenvalue weighted by molar-refractivity contribution is -0.0123. The number of aromatic nitrogens is 2. The van der Waals surface area contributed by atoms with Crippen LogP contribution in [0.25, 0.3) is 44.5 Å². The summed E-state index contributed by atoms with van der Waals surface area (Å²) in [6.45, 7) is 15.5. The summed E-state index contributed by atoms with van der Waals surface area (Å²) in [5.41, 5.74) is 3.69. The maximum absolute atomic E-state index is 15.7. The molecule has 2 heterocycles. The quantitative estimate of drug-likeness (QED) is 0.129. The Hall–Kier alpha value is -3.93. The maximum Gasteiger partial charge on any atom is 0.318 e. The van der Waals surface area contributed by atoms with Gasteiger partial charge in [0, 0.05) is 24.9 Å². The molecular formula is C45H57F3N4O4. The highest BCUT2D eigenvalue weighted by Gasteiger charge is 2.44. The smallest absolute Gasteiger partial charge is 0.318 e. The summed E-state index contributed by atoms with van der Waals surface area (Å²) in [5, 5.41) is 30.1. The third kappa shape index (κ3) is 7.59. The highest BCUT2D eigenvalue weighted by molar-refractivity contribution is 6.05. The van der Waals surface area contributed by atoms with E-state index in [1.807, 2.05) is 6.92 Å². The summed E-state index contributed by atoms with van der Waals surface area (Å²) in [6.07, 6.45) is 5.56. The number of aromatic hydroxyl groups is 1. The van der Waals surface area contributed by atoms with E-state index in [0.29, 0.717) is 49.4 Å². The fourth-order valence-corrected chi connectivity index (χ4v) is 8.94. The summed E-state index contributed by atoms with van der Waals surface area (Å²) < 4.78 is 56.2. The molecule has 11 heteroatoms. The van der Waals surface area contributed by atoms with Gasteiger partial charge in [-0.05, 0) is 113 Å². The Balaban J connectivity index is 1.53. The second-order valence-electron chi connectivity index (χ2n) is 16.8. The number of fused-ring (bicyclic) bond motifs is 4. The van der Waals surface area contributed by atoms with Gasteiger partial charge >= 0.3 is 6.01 Å². The number of hydrogen-bond acceptors (Lipinski definition) is 8. The third-order valence-electron chi connectivity index (χ3n) is 12.5. The predicted octanol–water partition coefficient (Wildman–Crippen LogP) is 7.43. The number of aryl methyl sites for hydroxylation is 2. The van der Waals surface area contributed by atoms with E-state index in [9.17, 15) is 19.0 Å². The zero-order valence-corrected chi connectivity index (χ0v) is 33.9. The van der Waals surface area contributed by atoms with Gasteiger partial charge in [0.25, 0.3) is 5.92 Å². The monoisotopic (exact) mass is 774 g/mol. The molecule has 1 aliphatic heterocycles. The molecule has 3 aromatic carbocycles. The maximum atomic E-state index is 15.7. The molecule has 3 N–H and O–H groups in total. The van der Waals surface area contributed by atoms with Gasteiger partial charge in [0.2, 0.25) is 0 Å². The Morgan fingerprint density at radius 3 is 2.46 bits per heavy atom.